The van der Waals surface area contributed by atoms with Crippen LogP contribution in [-0.4, -0.2) is 29.0 Å². The molecule has 0 spiro atoms. The Morgan fingerprint density at radius 3 is 2.53 bits per heavy atom. The molecule has 0 aliphatic rings. The summed E-state index contributed by atoms with van der Waals surface area (Å²) in [6, 6.07) is 5.58. The lowest BCUT2D eigenvalue weighted by Gasteiger charge is -2.13. The van der Waals surface area contributed by atoms with E-state index in [1.165, 1.54) is 0 Å². The van der Waals surface area contributed by atoms with Crippen molar-refractivity contribution >= 4 is 40.8 Å². The first-order chi connectivity index (χ1) is 8.97. The minimum Gasteiger partial charge on any atom is -0.347 e. The number of aromatic nitrogens is 3. The molecule has 1 heterocycles. The summed E-state index contributed by atoms with van der Waals surface area (Å²) in [5.74, 6) is 0.872. The van der Waals surface area contributed by atoms with E-state index < -0.39 is 0 Å². The van der Waals surface area contributed by atoms with Crippen molar-refractivity contribution in [2.45, 2.75) is 6.92 Å². The largest absolute Gasteiger partial charge is 0.347 e. The predicted octanol–water partition coefficient (Wildman–Crippen LogP) is 3.30. The van der Waals surface area contributed by atoms with Crippen LogP contribution >= 0.6 is 23.2 Å². The number of halogens is 2. The van der Waals surface area contributed by atoms with Gasteiger partial charge in [-0.2, -0.15) is 15.0 Å². The highest BCUT2D eigenvalue weighted by Gasteiger charge is 2.08. The van der Waals surface area contributed by atoms with Gasteiger partial charge in [-0.1, -0.05) is 17.7 Å². The van der Waals surface area contributed by atoms with E-state index in [1.54, 1.807) is 4.90 Å². The summed E-state index contributed by atoms with van der Waals surface area (Å²) in [5.41, 5.74) is 1.76. The number of rotatable bonds is 3. The highest BCUT2D eigenvalue weighted by atomic mass is 35.5. The molecule has 2 rings (SSSR count). The Kier molecular flexibility index (Phi) is 4.07. The van der Waals surface area contributed by atoms with Crippen molar-refractivity contribution in [3.8, 4) is 0 Å². The van der Waals surface area contributed by atoms with E-state index in [0.29, 0.717) is 16.9 Å². The summed E-state index contributed by atoms with van der Waals surface area (Å²) in [4.78, 5) is 14.1. The first-order valence-electron chi connectivity index (χ1n) is 5.58. The lowest BCUT2D eigenvalue weighted by atomic mass is 10.2. The lowest BCUT2D eigenvalue weighted by Crippen LogP contribution is -2.14. The fourth-order valence-corrected chi connectivity index (χ4v) is 1.79. The Labute approximate surface area is 121 Å². The monoisotopic (exact) mass is 297 g/mol. The molecule has 0 bridgehead atoms. The SMILES string of the molecule is Cc1c(Cl)cccc1Nc1nc(Cl)nc(N(C)C)n1. The molecule has 0 atom stereocenters. The van der Waals surface area contributed by atoms with Crippen LogP contribution in [0, 0.1) is 6.92 Å². The van der Waals surface area contributed by atoms with Crippen molar-refractivity contribution in [3.63, 3.8) is 0 Å². The molecule has 0 saturated carbocycles. The second-order valence-corrected chi connectivity index (χ2v) is 4.91. The second kappa shape index (κ2) is 5.59. The summed E-state index contributed by atoms with van der Waals surface area (Å²) < 4.78 is 0. The number of nitrogens with zero attached hydrogens (tertiary/aromatic N) is 4. The summed E-state index contributed by atoms with van der Waals surface area (Å²) in [5, 5.41) is 3.91. The summed E-state index contributed by atoms with van der Waals surface area (Å²) >= 11 is 11.9. The molecule has 7 heteroatoms. The third-order valence-corrected chi connectivity index (χ3v) is 3.09. The average molecular weight is 298 g/mol. The van der Waals surface area contributed by atoms with E-state index >= 15 is 0 Å². The molecule has 0 unspecified atom stereocenters. The van der Waals surface area contributed by atoms with Crippen LogP contribution in [0.15, 0.2) is 18.2 Å². The zero-order valence-electron chi connectivity index (χ0n) is 10.8. The minimum absolute atomic E-state index is 0.140. The second-order valence-electron chi connectivity index (χ2n) is 4.16. The van der Waals surface area contributed by atoms with Gasteiger partial charge in [-0.15, -0.1) is 0 Å². The van der Waals surface area contributed by atoms with Gasteiger partial charge in [0.2, 0.25) is 17.2 Å². The Morgan fingerprint density at radius 1 is 1.11 bits per heavy atom. The van der Waals surface area contributed by atoms with Crippen LogP contribution in [0.4, 0.5) is 17.6 Å². The molecule has 1 aromatic heterocycles. The topological polar surface area (TPSA) is 53.9 Å². The zero-order valence-corrected chi connectivity index (χ0v) is 12.3. The molecule has 0 saturated heterocycles. The fourth-order valence-electron chi connectivity index (χ4n) is 1.46. The maximum atomic E-state index is 6.07. The highest BCUT2D eigenvalue weighted by molar-refractivity contribution is 6.31. The first kappa shape index (κ1) is 13.8. The minimum atomic E-state index is 0.140. The molecule has 1 aromatic carbocycles. The molecule has 0 amide bonds. The van der Waals surface area contributed by atoms with Gasteiger partial charge in [-0.3, -0.25) is 0 Å². The van der Waals surface area contributed by atoms with Gasteiger partial charge in [0, 0.05) is 24.8 Å². The number of nitrogens with one attached hydrogen (secondary N) is 1. The molecule has 100 valence electrons. The van der Waals surface area contributed by atoms with E-state index in [9.17, 15) is 0 Å². The molecule has 0 radical (unpaired) electrons. The fraction of sp³-hybridized carbons (Fsp3) is 0.250. The van der Waals surface area contributed by atoms with Gasteiger partial charge in [0.05, 0.1) is 0 Å². The Bertz CT molecular complexity index is 601. The van der Waals surface area contributed by atoms with Crippen molar-refractivity contribution in [2.75, 3.05) is 24.3 Å². The van der Waals surface area contributed by atoms with Crippen LogP contribution in [0.5, 0.6) is 0 Å². The number of benzene rings is 1. The summed E-state index contributed by atoms with van der Waals surface area (Å²) in [6.07, 6.45) is 0. The molecule has 19 heavy (non-hydrogen) atoms. The van der Waals surface area contributed by atoms with E-state index in [2.05, 4.69) is 20.3 Å². The van der Waals surface area contributed by atoms with E-state index in [-0.39, 0.29) is 5.28 Å². The van der Waals surface area contributed by atoms with Crippen LogP contribution in [0.2, 0.25) is 10.3 Å². The molecular weight excluding hydrogens is 285 g/mol. The Morgan fingerprint density at radius 2 is 1.84 bits per heavy atom. The first-order valence-corrected chi connectivity index (χ1v) is 6.34. The van der Waals surface area contributed by atoms with Gasteiger partial charge >= 0.3 is 0 Å². The molecule has 2 aromatic rings. The zero-order chi connectivity index (χ0) is 14.0. The molecule has 5 nitrogen and oxygen atoms in total. The standard InChI is InChI=1S/C12H13Cl2N5/c1-7-8(13)5-4-6-9(7)15-11-16-10(14)17-12(18-11)19(2)3/h4-6H,1-3H3,(H,15,16,17,18). The summed E-state index contributed by atoms with van der Waals surface area (Å²) in [6.45, 7) is 1.92. The molecular formula is C12H13Cl2N5. The van der Waals surface area contributed by atoms with Crippen LogP contribution in [0.3, 0.4) is 0 Å². The van der Waals surface area contributed by atoms with Crippen LogP contribution in [0.25, 0.3) is 0 Å². The third-order valence-electron chi connectivity index (χ3n) is 2.51. The molecule has 1 N–H and O–H groups in total. The maximum absolute atomic E-state index is 6.07. The number of hydrogen-bond acceptors (Lipinski definition) is 5. The quantitative estimate of drug-likeness (QED) is 0.942. The van der Waals surface area contributed by atoms with Crippen molar-refractivity contribution < 1.29 is 0 Å². The highest BCUT2D eigenvalue weighted by Crippen LogP contribution is 2.25. The third kappa shape index (κ3) is 3.24. The van der Waals surface area contributed by atoms with Crippen molar-refractivity contribution in [1.29, 1.82) is 0 Å². The lowest BCUT2D eigenvalue weighted by molar-refractivity contribution is 0.961. The van der Waals surface area contributed by atoms with Gasteiger partial charge in [-0.25, -0.2) is 0 Å². The van der Waals surface area contributed by atoms with E-state index in [0.717, 1.165) is 11.3 Å². The van der Waals surface area contributed by atoms with Crippen molar-refractivity contribution in [3.05, 3.63) is 34.1 Å². The van der Waals surface area contributed by atoms with Gasteiger partial charge in [0.25, 0.3) is 0 Å². The summed E-state index contributed by atoms with van der Waals surface area (Å²) in [7, 11) is 3.67. The van der Waals surface area contributed by atoms with Crippen molar-refractivity contribution in [2.24, 2.45) is 0 Å². The van der Waals surface area contributed by atoms with Crippen LogP contribution < -0.4 is 10.2 Å². The van der Waals surface area contributed by atoms with Gasteiger partial charge in [0.15, 0.2) is 0 Å². The van der Waals surface area contributed by atoms with Gasteiger partial charge in [-0.05, 0) is 36.2 Å². The van der Waals surface area contributed by atoms with Crippen LogP contribution in [-0.2, 0) is 0 Å². The average Bonchev–Trinajstić information content (AvgIpc) is 2.34. The molecule has 0 fully saturated rings. The van der Waals surface area contributed by atoms with E-state index in [4.69, 9.17) is 23.2 Å². The molecule has 0 aliphatic carbocycles. The Hall–Kier alpha value is -1.59. The smallest absolute Gasteiger partial charge is 0.233 e. The van der Waals surface area contributed by atoms with E-state index in [1.807, 2.05) is 39.2 Å². The van der Waals surface area contributed by atoms with Crippen LogP contribution in [0.1, 0.15) is 5.56 Å². The van der Waals surface area contributed by atoms with Crippen molar-refractivity contribution in [1.82, 2.24) is 15.0 Å². The van der Waals surface area contributed by atoms with Gasteiger partial charge in [0.1, 0.15) is 0 Å². The maximum Gasteiger partial charge on any atom is 0.233 e. The number of anilines is 3. The predicted molar refractivity (Wildman–Crippen MR) is 78.6 cm³/mol. The normalized spacial score (nSPS) is 10.4. The molecule has 0 aliphatic heterocycles. The Balaban J connectivity index is 2.35. The van der Waals surface area contributed by atoms with Gasteiger partial charge < -0.3 is 10.2 Å². The number of hydrogen-bond donors (Lipinski definition) is 1.